The number of carbonyl (C=O) groups excluding carboxylic acids is 1. The molecule has 0 saturated heterocycles. The molecule has 21 heavy (non-hydrogen) atoms. The third-order valence-electron chi connectivity index (χ3n) is 2.83. The number of aromatic nitrogens is 1. The molecule has 1 aromatic carbocycles. The van der Waals surface area contributed by atoms with Crippen LogP contribution in [0, 0.1) is 0 Å². The van der Waals surface area contributed by atoms with Crippen LogP contribution in [0.5, 0.6) is 5.75 Å². The van der Waals surface area contributed by atoms with Gasteiger partial charge in [-0.15, -0.1) is 0 Å². The van der Waals surface area contributed by atoms with Crippen molar-refractivity contribution in [3.8, 4) is 5.75 Å². The Bertz CT molecular complexity index is 655. The zero-order chi connectivity index (χ0) is 15.2. The summed E-state index contributed by atoms with van der Waals surface area (Å²) in [6, 6.07) is 10.4. The molecule has 1 atom stereocenters. The molecule has 0 bridgehead atoms. The molecular weight excluding hydrogens is 290 g/mol. The van der Waals surface area contributed by atoms with Crippen LogP contribution in [0.25, 0.3) is 0 Å². The normalized spacial score (nSPS) is 11.7. The van der Waals surface area contributed by atoms with Crippen molar-refractivity contribution in [2.75, 3.05) is 14.2 Å². The van der Waals surface area contributed by atoms with Crippen molar-refractivity contribution < 1.29 is 18.5 Å². The Hall–Kier alpha value is -2.21. The lowest BCUT2D eigenvalue weighted by atomic mass is 10.2. The highest BCUT2D eigenvalue weighted by Crippen LogP contribution is 2.17. The smallest absolute Gasteiger partial charge is 0.339 e. The third kappa shape index (κ3) is 3.88. The van der Waals surface area contributed by atoms with Gasteiger partial charge in [0.2, 0.25) is 0 Å². The molecular formula is C15H15NO4S. The highest BCUT2D eigenvalue weighted by atomic mass is 32.2. The predicted molar refractivity (Wildman–Crippen MR) is 78.7 cm³/mol. The lowest BCUT2D eigenvalue weighted by molar-refractivity contribution is 0.0600. The van der Waals surface area contributed by atoms with Crippen LogP contribution >= 0.6 is 0 Å². The van der Waals surface area contributed by atoms with E-state index in [2.05, 4.69) is 9.72 Å². The van der Waals surface area contributed by atoms with Crippen LogP contribution in [0.3, 0.4) is 0 Å². The Balaban J connectivity index is 2.10. The zero-order valence-corrected chi connectivity index (χ0v) is 12.6. The van der Waals surface area contributed by atoms with Crippen LogP contribution in [-0.2, 0) is 21.3 Å². The summed E-state index contributed by atoms with van der Waals surface area (Å²) >= 11 is 0. The number of carbonyl (C=O) groups is 1. The van der Waals surface area contributed by atoms with E-state index < -0.39 is 16.8 Å². The summed E-state index contributed by atoms with van der Waals surface area (Å²) < 4.78 is 22.0. The molecule has 0 saturated carbocycles. The van der Waals surface area contributed by atoms with E-state index in [1.54, 1.807) is 43.5 Å². The number of hydrogen-bond acceptors (Lipinski definition) is 5. The standard InChI is InChI=1S/C15H15NO4S/c1-19-13-4-3-5-14(8-13)21(18)10-12-7-6-11(9-16-12)15(17)20-2/h3-9H,10H2,1-2H3. The minimum absolute atomic E-state index is 0.272. The van der Waals surface area contributed by atoms with Gasteiger partial charge < -0.3 is 9.47 Å². The van der Waals surface area contributed by atoms with E-state index in [0.717, 1.165) is 0 Å². The van der Waals surface area contributed by atoms with Gasteiger partial charge >= 0.3 is 5.97 Å². The van der Waals surface area contributed by atoms with E-state index in [4.69, 9.17) is 4.74 Å². The number of hydrogen-bond donors (Lipinski definition) is 0. The van der Waals surface area contributed by atoms with Gasteiger partial charge in [0.25, 0.3) is 0 Å². The fourth-order valence-electron chi connectivity index (χ4n) is 1.71. The molecule has 6 heteroatoms. The molecule has 0 spiro atoms. The van der Waals surface area contributed by atoms with Crippen molar-refractivity contribution in [1.82, 2.24) is 4.98 Å². The molecule has 1 heterocycles. The van der Waals surface area contributed by atoms with Crippen molar-refractivity contribution in [1.29, 1.82) is 0 Å². The van der Waals surface area contributed by atoms with Gasteiger partial charge in [-0.05, 0) is 30.3 Å². The van der Waals surface area contributed by atoms with Gasteiger partial charge in [0.1, 0.15) is 5.75 Å². The summed E-state index contributed by atoms with van der Waals surface area (Å²) in [5, 5.41) is 0. The summed E-state index contributed by atoms with van der Waals surface area (Å²) in [5.41, 5.74) is 1.01. The van der Waals surface area contributed by atoms with E-state index in [1.165, 1.54) is 13.3 Å². The fourth-order valence-corrected chi connectivity index (χ4v) is 2.79. The Labute approximate surface area is 125 Å². The van der Waals surface area contributed by atoms with Crippen LogP contribution in [0.15, 0.2) is 47.5 Å². The second-order valence-corrected chi connectivity index (χ2v) is 5.65. The van der Waals surface area contributed by atoms with Gasteiger partial charge in [0, 0.05) is 11.1 Å². The number of pyridine rings is 1. The van der Waals surface area contributed by atoms with Crippen molar-refractivity contribution in [2.24, 2.45) is 0 Å². The molecule has 0 fully saturated rings. The van der Waals surface area contributed by atoms with E-state index in [1.807, 2.05) is 0 Å². The van der Waals surface area contributed by atoms with Crippen LogP contribution < -0.4 is 4.74 Å². The minimum Gasteiger partial charge on any atom is -0.497 e. The Morgan fingerprint density at radius 1 is 1.24 bits per heavy atom. The van der Waals surface area contributed by atoms with Gasteiger partial charge in [-0.25, -0.2) is 4.79 Å². The number of esters is 1. The molecule has 1 aromatic heterocycles. The maximum Gasteiger partial charge on any atom is 0.339 e. The SMILES string of the molecule is COC(=O)c1ccc(CS(=O)c2cccc(OC)c2)nc1. The van der Waals surface area contributed by atoms with E-state index in [0.29, 0.717) is 21.9 Å². The summed E-state index contributed by atoms with van der Waals surface area (Å²) in [6.07, 6.45) is 1.42. The average molecular weight is 305 g/mol. The minimum atomic E-state index is -1.22. The predicted octanol–water partition coefficient (Wildman–Crippen LogP) is 2.18. The largest absolute Gasteiger partial charge is 0.497 e. The summed E-state index contributed by atoms with van der Waals surface area (Å²) in [5.74, 6) is 0.493. The second kappa shape index (κ2) is 6.99. The highest BCUT2D eigenvalue weighted by molar-refractivity contribution is 7.84. The Morgan fingerprint density at radius 3 is 2.67 bits per heavy atom. The molecule has 0 aliphatic rings. The lowest BCUT2D eigenvalue weighted by Crippen LogP contribution is -2.04. The first-order chi connectivity index (χ1) is 10.1. The molecule has 5 nitrogen and oxygen atoms in total. The van der Waals surface area contributed by atoms with Crippen LogP contribution in [0.4, 0.5) is 0 Å². The first-order valence-corrected chi connectivity index (χ1v) is 7.51. The first-order valence-electron chi connectivity index (χ1n) is 6.19. The van der Waals surface area contributed by atoms with Crippen LogP contribution in [0.1, 0.15) is 16.1 Å². The Kier molecular flexibility index (Phi) is 5.05. The van der Waals surface area contributed by atoms with Gasteiger partial charge in [0.05, 0.1) is 42.0 Å². The van der Waals surface area contributed by atoms with Gasteiger partial charge in [0.15, 0.2) is 0 Å². The number of methoxy groups -OCH3 is 2. The van der Waals surface area contributed by atoms with Gasteiger partial charge in [-0.3, -0.25) is 9.19 Å². The van der Waals surface area contributed by atoms with Crippen molar-refractivity contribution >= 4 is 16.8 Å². The summed E-state index contributed by atoms with van der Waals surface area (Å²) in [6.45, 7) is 0. The molecule has 0 aliphatic carbocycles. The van der Waals surface area contributed by atoms with Gasteiger partial charge in [-0.2, -0.15) is 0 Å². The van der Waals surface area contributed by atoms with Crippen LogP contribution in [-0.4, -0.2) is 29.4 Å². The molecule has 1 unspecified atom stereocenters. The molecule has 0 aliphatic heterocycles. The summed E-state index contributed by atoms with van der Waals surface area (Å²) in [4.78, 5) is 16.1. The second-order valence-electron chi connectivity index (χ2n) is 4.20. The zero-order valence-electron chi connectivity index (χ0n) is 11.7. The maximum absolute atomic E-state index is 12.3. The quantitative estimate of drug-likeness (QED) is 0.792. The molecule has 2 aromatic rings. The Morgan fingerprint density at radius 2 is 2.05 bits per heavy atom. The van der Waals surface area contributed by atoms with Crippen molar-refractivity contribution in [2.45, 2.75) is 10.6 Å². The average Bonchev–Trinajstić information content (AvgIpc) is 2.54. The lowest BCUT2D eigenvalue weighted by Gasteiger charge is -2.05. The third-order valence-corrected chi connectivity index (χ3v) is 4.17. The van der Waals surface area contributed by atoms with Crippen molar-refractivity contribution in [3.05, 3.63) is 53.9 Å². The first kappa shape index (κ1) is 15.2. The molecule has 0 amide bonds. The molecule has 0 N–H and O–H groups in total. The number of nitrogens with zero attached hydrogens (tertiary/aromatic N) is 1. The number of benzene rings is 1. The number of rotatable bonds is 5. The fraction of sp³-hybridized carbons (Fsp3) is 0.200. The summed E-state index contributed by atoms with van der Waals surface area (Å²) in [7, 11) is 1.65. The van der Waals surface area contributed by atoms with Crippen LogP contribution in [0.2, 0.25) is 0 Å². The number of ether oxygens (including phenoxy) is 2. The van der Waals surface area contributed by atoms with E-state index >= 15 is 0 Å². The highest BCUT2D eigenvalue weighted by Gasteiger charge is 2.09. The van der Waals surface area contributed by atoms with Gasteiger partial charge in [-0.1, -0.05) is 6.07 Å². The molecule has 2 rings (SSSR count). The van der Waals surface area contributed by atoms with E-state index in [-0.39, 0.29) is 5.75 Å². The molecule has 110 valence electrons. The molecule has 0 radical (unpaired) electrons. The monoisotopic (exact) mass is 305 g/mol. The topological polar surface area (TPSA) is 65.5 Å². The van der Waals surface area contributed by atoms with Crippen molar-refractivity contribution in [3.63, 3.8) is 0 Å². The maximum atomic E-state index is 12.3. The van der Waals surface area contributed by atoms with E-state index in [9.17, 15) is 9.00 Å².